The molecule has 160 valence electrons. The first-order chi connectivity index (χ1) is 14.3. The van der Waals surface area contributed by atoms with Crippen molar-refractivity contribution < 1.29 is 13.2 Å². The molecule has 1 amide bonds. The van der Waals surface area contributed by atoms with Crippen molar-refractivity contribution in [2.24, 2.45) is 5.10 Å². The van der Waals surface area contributed by atoms with Crippen molar-refractivity contribution in [1.82, 2.24) is 10.3 Å². The van der Waals surface area contributed by atoms with Crippen molar-refractivity contribution >= 4 is 38.9 Å². The van der Waals surface area contributed by atoms with Gasteiger partial charge in [-0.3, -0.25) is 9.10 Å². The molecule has 1 aliphatic heterocycles. The fraction of sp³-hybridized carbons (Fsp3) is 0.333. The number of halogens is 1. The lowest BCUT2D eigenvalue weighted by molar-refractivity contribution is -0.119. The van der Waals surface area contributed by atoms with Crippen LogP contribution < -0.4 is 9.73 Å². The number of benzene rings is 2. The highest BCUT2D eigenvalue weighted by molar-refractivity contribution is 7.92. The Hall–Kier alpha value is -2.42. The number of amides is 1. The molecule has 0 aromatic heterocycles. The lowest BCUT2D eigenvalue weighted by Crippen LogP contribution is -2.40. The number of nitrogens with zero attached hydrogens (tertiary/aromatic N) is 3. The lowest BCUT2D eigenvalue weighted by atomic mass is 10.1. The summed E-state index contributed by atoms with van der Waals surface area (Å²) in [6.07, 6.45) is 1.55. The zero-order chi connectivity index (χ0) is 21.7. The van der Waals surface area contributed by atoms with Crippen LogP contribution in [-0.2, 0) is 14.8 Å². The Bertz CT molecular complexity index is 1010. The van der Waals surface area contributed by atoms with E-state index in [-0.39, 0.29) is 4.90 Å². The fourth-order valence-corrected chi connectivity index (χ4v) is 4.60. The number of sulfonamides is 1. The Morgan fingerprint density at radius 1 is 1.10 bits per heavy atom. The highest BCUT2D eigenvalue weighted by Gasteiger charge is 2.27. The highest BCUT2D eigenvalue weighted by atomic mass is 35.5. The zero-order valence-electron chi connectivity index (χ0n) is 17.0. The van der Waals surface area contributed by atoms with E-state index in [9.17, 15) is 13.2 Å². The highest BCUT2D eigenvalue weighted by Crippen LogP contribution is 2.25. The third kappa shape index (κ3) is 5.59. The fourth-order valence-electron chi connectivity index (χ4n) is 3.06. The lowest BCUT2D eigenvalue weighted by Gasteiger charge is -2.24. The first kappa shape index (κ1) is 22.3. The maximum atomic E-state index is 13.3. The maximum Gasteiger partial charge on any atom is 0.264 e. The molecule has 9 heteroatoms. The topological polar surface area (TPSA) is 82.1 Å². The molecule has 0 bridgehead atoms. The third-order valence-corrected chi connectivity index (χ3v) is 6.95. The summed E-state index contributed by atoms with van der Waals surface area (Å²) < 4.78 is 27.6. The number of rotatable bonds is 6. The minimum absolute atomic E-state index is 0.109. The molecule has 2 aromatic carbocycles. The van der Waals surface area contributed by atoms with E-state index in [0.29, 0.717) is 10.7 Å². The van der Waals surface area contributed by atoms with Crippen LogP contribution in [0.1, 0.15) is 18.4 Å². The van der Waals surface area contributed by atoms with E-state index in [4.69, 9.17) is 11.6 Å². The first-order valence-corrected chi connectivity index (χ1v) is 11.5. The molecule has 1 heterocycles. The van der Waals surface area contributed by atoms with Gasteiger partial charge in [-0.05, 0) is 50.4 Å². The van der Waals surface area contributed by atoms with Crippen LogP contribution >= 0.6 is 11.6 Å². The van der Waals surface area contributed by atoms with Crippen LogP contribution in [0.2, 0.25) is 5.02 Å². The van der Waals surface area contributed by atoms with Gasteiger partial charge >= 0.3 is 0 Å². The summed E-state index contributed by atoms with van der Waals surface area (Å²) in [5.74, 6) is -0.507. The van der Waals surface area contributed by atoms with Crippen molar-refractivity contribution in [3.63, 3.8) is 0 Å². The summed E-state index contributed by atoms with van der Waals surface area (Å²) in [6.45, 7) is 3.25. The number of carbonyl (C=O) groups excluding carboxylic acids is 1. The Morgan fingerprint density at radius 2 is 1.70 bits per heavy atom. The molecule has 30 heavy (non-hydrogen) atoms. The van der Waals surface area contributed by atoms with Gasteiger partial charge in [0.2, 0.25) is 0 Å². The number of piperidine rings is 1. The predicted molar refractivity (Wildman–Crippen MR) is 119 cm³/mol. The second-order valence-corrected chi connectivity index (χ2v) is 9.62. The Morgan fingerprint density at radius 3 is 2.30 bits per heavy atom. The summed E-state index contributed by atoms with van der Waals surface area (Å²) in [7, 11) is -1.92. The summed E-state index contributed by atoms with van der Waals surface area (Å²) in [6, 6.07) is 12.8. The molecule has 1 aliphatic rings. The second kappa shape index (κ2) is 9.59. The smallest absolute Gasteiger partial charge is 0.264 e. The quantitative estimate of drug-likeness (QED) is 0.688. The van der Waals surface area contributed by atoms with Crippen molar-refractivity contribution in [3.8, 4) is 0 Å². The Balaban J connectivity index is 1.83. The summed E-state index contributed by atoms with van der Waals surface area (Å²) in [5, 5.41) is 4.67. The maximum absolute atomic E-state index is 13.3. The van der Waals surface area contributed by atoms with Crippen molar-refractivity contribution in [1.29, 1.82) is 0 Å². The first-order valence-electron chi connectivity index (χ1n) is 9.63. The molecule has 3 rings (SSSR count). The molecule has 0 saturated carbocycles. The Kier molecular flexibility index (Phi) is 7.12. The van der Waals surface area contributed by atoms with Crippen LogP contribution in [0.4, 0.5) is 5.69 Å². The number of anilines is 1. The van der Waals surface area contributed by atoms with Crippen molar-refractivity contribution in [3.05, 3.63) is 59.1 Å². The van der Waals surface area contributed by atoms with Gasteiger partial charge in [0, 0.05) is 36.7 Å². The standard InChI is InChI=1S/C21H25ClN4O3S/c1-16-3-9-20(10-4-16)30(28,29)26(19-7-5-17(22)6-8-19)15-21(27)24-23-18-11-13-25(2)14-12-18/h3-10H,11-15H2,1-2H3,(H,24,27). The number of carbonyl (C=O) groups is 1. The Labute approximate surface area is 182 Å². The van der Waals surface area contributed by atoms with Crippen LogP contribution in [0.5, 0.6) is 0 Å². The SMILES string of the molecule is Cc1ccc(S(=O)(=O)N(CC(=O)NN=C2CCN(C)CC2)c2ccc(Cl)cc2)cc1. The van der Waals surface area contributed by atoms with Crippen LogP contribution in [0.15, 0.2) is 58.5 Å². The molecule has 0 spiro atoms. The summed E-state index contributed by atoms with van der Waals surface area (Å²) >= 11 is 5.95. The van der Waals surface area contributed by atoms with E-state index < -0.39 is 22.5 Å². The van der Waals surface area contributed by atoms with E-state index in [1.807, 2.05) is 14.0 Å². The van der Waals surface area contributed by atoms with Crippen molar-refractivity contribution in [2.75, 3.05) is 31.0 Å². The zero-order valence-corrected chi connectivity index (χ0v) is 18.6. The number of likely N-dealkylation sites (tertiary alicyclic amines) is 1. The molecule has 0 unspecified atom stereocenters. The number of hydrogen-bond donors (Lipinski definition) is 1. The normalized spacial score (nSPS) is 15.0. The molecular weight excluding hydrogens is 424 g/mol. The van der Waals surface area contributed by atoms with Gasteiger partial charge in [-0.1, -0.05) is 29.3 Å². The average Bonchev–Trinajstić information content (AvgIpc) is 2.72. The number of nitrogens with one attached hydrogen (secondary N) is 1. The number of aryl methyl sites for hydroxylation is 1. The third-order valence-electron chi connectivity index (χ3n) is 4.91. The van der Waals surface area contributed by atoms with Crippen LogP contribution in [0.25, 0.3) is 0 Å². The largest absolute Gasteiger partial charge is 0.306 e. The van der Waals surface area contributed by atoms with Crippen molar-refractivity contribution in [2.45, 2.75) is 24.7 Å². The molecule has 0 radical (unpaired) electrons. The van der Waals surface area contributed by atoms with Gasteiger partial charge in [-0.25, -0.2) is 13.8 Å². The number of hydrogen-bond acceptors (Lipinski definition) is 5. The minimum Gasteiger partial charge on any atom is -0.306 e. The molecule has 7 nitrogen and oxygen atoms in total. The van der Waals surface area contributed by atoms with E-state index in [1.54, 1.807) is 36.4 Å². The van der Waals surface area contributed by atoms with Gasteiger partial charge in [0.15, 0.2) is 0 Å². The van der Waals surface area contributed by atoms with Gasteiger partial charge in [0.25, 0.3) is 15.9 Å². The molecule has 1 fully saturated rings. The van der Waals surface area contributed by atoms with E-state index in [0.717, 1.165) is 41.5 Å². The number of hydrazone groups is 1. The molecule has 1 N–H and O–H groups in total. The van der Waals surface area contributed by atoms with Crippen LogP contribution in [-0.4, -0.2) is 51.6 Å². The predicted octanol–water partition coefficient (Wildman–Crippen LogP) is 3.04. The average molecular weight is 449 g/mol. The molecule has 1 saturated heterocycles. The van der Waals surface area contributed by atoms with Gasteiger partial charge < -0.3 is 4.90 Å². The molecule has 0 aliphatic carbocycles. The van der Waals surface area contributed by atoms with E-state index in [1.165, 1.54) is 12.1 Å². The van der Waals surface area contributed by atoms with Gasteiger partial charge in [0.05, 0.1) is 10.6 Å². The van der Waals surface area contributed by atoms with E-state index in [2.05, 4.69) is 15.4 Å². The van der Waals surface area contributed by atoms with E-state index >= 15 is 0 Å². The van der Waals surface area contributed by atoms with Crippen LogP contribution in [0, 0.1) is 6.92 Å². The molecule has 2 aromatic rings. The second-order valence-electron chi connectivity index (χ2n) is 7.32. The van der Waals surface area contributed by atoms with Gasteiger partial charge in [0.1, 0.15) is 6.54 Å². The molecular formula is C21H25ClN4O3S. The summed E-state index contributed by atoms with van der Waals surface area (Å²) in [5.41, 5.74) is 4.71. The monoisotopic (exact) mass is 448 g/mol. The minimum atomic E-state index is -3.95. The molecule has 0 atom stereocenters. The van der Waals surface area contributed by atoms with Crippen LogP contribution in [0.3, 0.4) is 0 Å². The van der Waals surface area contributed by atoms with Gasteiger partial charge in [-0.15, -0.1) is 0 Å². The van der Waals surface area contributed by atoms with Gasteiger partial charge in [-0.2, -0.15) is 5.10 Å². The summed E-state index contributed by atoms with van der Waals surface area (Å²) in [4.78, 5) is 14.9.